The smallest absolute Gasteiger partial charge is 0.423 e. The summed E-state index contributed by atoms with van der Waals surface area (Å²) in [5.74, 6) is 0.822. The predicted octanol–water partition coefficient (Wildman–Crippen LogP) is -0.891. The van der Waals surface area contributed by atoms with Crippen LogP contribution in [-0.2, 0) is 19.5 Å². The lowest BCUT2D eigenvalue weighted by atomic mass is 9.77. The van der Waals surface area contributed by atoms with E-state index in [1.54, 1.807) is 22.8 Å². The maximum Gasteiger partial charge on any atom is 0.488 e. The molecule has 20 heavy (non-hydrogen) atoms. The molecule has 104 valence electrons. The lowest BCUT2D eigenvalue weighted by Gasteiger charge is -2.09. The second-order valence-corrected chi connectivity index (χ2v) is 5.04. The topological polar surface area (TPSA) is 80.3 Å². The van der Waals surface area contributed by atoms with Gasteiger partial charge in [0.1, 0.15) is 5.82 Å². The van der Waals surface area contributed by atoms with Gasteiger partial charge in [0.2, 0.25) is 0 Å². The summed E-state index contributed by atoms with van der Waals surface area (Å²) in [5, 5.41) is 23.1. The molecule has 0 amide bonds. The highest BCUT2D eigenvalue weighted by molar-refractivity contribution is 6.59. The molecule has 0 aliphatic carbocycles. The Kier molecular flexibility index (Phi) is 3.46. The molecule has 2 heterocycles. The van der Waals surface area contributed by atoms with Crippen LogP contribution in [0, 0.1) is 0 Å². The Morgan fingerprint density at radius 1 is 1.25 bits per heavy atom. The van der Waals surface area contributed by atoms with Crippen LogP contribution >= 0.6 is 0 Å². The van der Waals surface area contributed by atoms with Crippen molar-refractivity contribution in [2.45, 2.75) is 32.4 Å². The average molecular weight is 273 g/mol. The summed E-state index contributed by atoms with van der Waals surface area (Å²) in [6, 6.07) is 6.96. The van der Waals surface area contributed by atoms with E-state index in [1.807, 2.05) is 6.07 Å². The van der Waals surface area contributed by atoms with Crippen LogP contribution in [0.4, 0.5) is 0 Å². The lowest BCUT2D eigenvalue weighted by molar-refractivity contribution is 0.425. The van der Waals surface area contributed by atoms with Gasteiger partial charge in [-0.15, -0.1) is 0 Å². The normalized spacial score (nSPS) is 14.1. The first kappa shape index (κ1) is 13.1. The molecule has 0 saturated heterocycles. The fourth-order valence-corrected chi connectivity index (χ4v) is 2.64. The van der Waals surface area contributed by atoms with Gasteiger partial charge >= 0.3 is 12.8 Å². The van der Waals surface area contributed by atoms with Crippen LogP contribution < -0.4 is 11.2 Å². The summed E-state index contributed by atoms with van der Waals surface area (Å²) in [6.07, 6.45) is 2.89. The molecule has 7 heteroatoms. The summed E-state index contributed by atoms with van der Waals surface area (Å²) in [4.78, 5) is 12.2. The predicted molar refractivity (Wildman–Crippen MR) is 74.8 cm³/mol. The summed E-state index contributed by atoms with van der Waals surface area (Å²) >= 11 is 0. The van der Waals surface area contributed by atoms with E-state index in [-0.39, 0.29) is 12.2 Å². The summed E-state index contributed by atoms with van der Waals surface area (Å²) in [6.45, 7) is 0.977. The molecule has 2 aromatic rings. The Morgan fingerprint density at radius 3 is 2.80 bits per heavy atom. The molecular weight excluding hydrogens is 257 g/mol. The Labute approximate surface area is 116 Å². The Balaban J connectivity index is 1.96. The van der Waals surface area contributed by atoms with E-state index in [4.69, 9.17) is 0 Å². The molecule has 1 aliphatic rings. The van der Waals surface area contributed by atoms with Crippen molar-refractivity contribution < 1.29 is 10.0 Å². The van der Waals surface area contributed by atoms with Gasteiger partial charge in [0.05, 0.1) is 6.54 Å². The Hall–Kier alpha value is -1.86. The first-order valence-electron chi connectivity index (χ1n) is 6.77. The van der Waals surface area contributed by atoms with Gasteiger partial charge in [-0.25, -0.2) is 9.48 Å². The van der Waals surface area contributed by atoms with E-state index in [2.05, 4.69) is 5.10 Å². The van der Waals surface area contributed by atoms with E-state index in [0.29, 0.717) is 11.0 Å². The van der Waals surface area contributed by atoms with Crippen LogP contribution in [0.2, 0.25) is 0 Å². The first-order chi connectivity index (χ1) is 9.66. The van der Waals surface area contributed by atoms with E-state index in [0.717, 1.165) is 31.6 Å². The van der Waals surface area contributed by atoms with E-state index < -0.39 is 7.12 Å². The second kappa shape index (κ2) is 5.26. The number of nitrogens with zero attached hydrogens (tertiary/aromatic N) is 3. The van der Waals surface area contributed by atoms with Crippen LogP contribution in [0.15, 0.2) is 29.1 Å². The van der Waals surface area contributed by atoms with Crippen molar-refractivity contribution in [3.63, 3.8) is 0 Å². The van der Waals surface area contributed by atoms with Crippen molar-refractivity contribution in [1.29, 1.82) is 0 Å². The van der Waals surface area contributed by atoms with Gasteiger partial charge in [-0.2, -0.15) is 5.10 Å². The molecule has 0 unspecified atom stereocenters. The molecular formula is C13H16BN3O3. The van der Waals surface area contributed by atoms with Crippen LogP contribution in [0.25, 0.3) is 0 Å². The molecule has 0 radical (unpaired) electrons. The number of rotatable bonds is 3. The number of aromatic nitrogens is 3. The van der Waals surface area contributed by atoms with Gasteiger partial charge in [-0.05, 0) is 23.9 Å². The van der Waals surface area contributed by atoms with Crippen molar-refractivity contribution in [3.8, 4) is 0 Å². The van der Waals surface area contributed by atoms with Crippen molar-refractivity contribution in [1.82, 2.24) is 14.3 Å². The molecule has 0 fully saturated rings. The molecule has 3 rings (SSSR count). The molecule has 1 aromatic carbocycles. The lowest BCUT2D eigenvalue weighted by Crippen LogP contribution is -2.35. The summed E-state index contributed by atoms with van der Waals surface area (Å²) < 4.78 is 3.11. The van der Waals surface area contributed by atoms with Crippen LogP contribution in [0.3, 0.4) is 0 Å². The zero-order valence-electron chi connectivity index (χ0n) is 11.1. The number of benzene rings is 1. The summed E-state index contributed by atoms with van der Waals surface area (Å²) in [5.41, 5.74) is 0.979. The van der Waals surface area contributed by atoms with Crippen molar-refractivity contribution in [3.05, 3.63) is 46.1 Å². The van der Waals surface area contributed by atoms with Crippen molar-refractivity contribution in [2.75, 3.05) is 0 Å². The molecule has 1 aromatic heterocycles. The minimum Gasteiger partial charge on any atom is -0.423 e. The minimum absolute atomic E-state index is 0.123. The fourth-order valence-electron chi connectivity index (χ4n) is 2.64. The van der Waals surface area contributed by atoms with Crippen molar-refractivity contribution >= 4 is 12.6 Å². The van der Waals surface area contributed by atoms with Gasteiger partial charge in [-0.3, -0.25) is 4.57 Å². The molecule has 0 bridgehead atoms. The van der Waals surface area contributed by atoms with Gasteiger partial charge in [-0.1, -0.05) is 24.3 Å². The van der Waals surface area contributed by atoms with E-state index in [9.17, 15) is 14.8 Å². The second-order valence-electron chi connectivity index (χ2n) is 5.04. The molecule has 2 N–H and O–H groups in total. The number of hydrogen-bond donors (Lipinski definition) is 2. The average Bonchev–Trinajstić information content (AvgIpc) is 2.76. The largest absolute Gasteiger partial charge is 0.488 e. The quantitative estimate of drug-likeness (QED) is 0.711. The number of aryl methyl sites for hydroxylation is 1. The zero-order valence-corrected chi connectivity index (χ0v) is 11.1. The molecule has 0 atom stereocenters. The third kappa shape index (κ3) is 2.30. The van der Waals surface area contributed by atoms with E-state index in [1.165, 1.54) is 4.68 Å². The van der Waals surface area contributed by atoms with Crippen molar-refractivity contribution in [2.24, 2.45) is 0 Å². The van der Waals surface area contributed by atoms with Crippen LogP contribution in [-0.4, -0.2) is 31.5 Å². The van der Waals surface area contributed by atoms with Gasteiger partial charge in [0, 0.05) is 13.0 Å². The number of fused-ring (bicyclic) bond motifs is 1. The maximum absolute atomic E-state index is 12.2. The third-order valence-electron chi connectivity index (χ3n) is 3.68. The van der Waals surface area contributed by atoms with Gasteiger partial charge in [0.25, 0.3) is 0 Å². The first-order valence-corrected chi connectivity index (χ1v) is 6.77. The Morgan fingerprint density at radius 2 is 2.05 bits per heavy atom. The highest BCUT2D eigenvalue weighted by Gasteiger charge is 2.19. The third-order valence-corrected chi connectivity index (χ3v) is 3.68. The zero-order chi connectivity index (χ0) is 14.1. The number of hydrogen-bond acceptors (Lipinski definition) is 4. The Bertz CT molecular complexity index is 678. The maximum atomic E-state index is 12.2. The minimum atomic E-state index is -1.54. The monoisotopic (exact) mass is 273 g/mol. The van der Waals surface area contributed by atoms with Gasteiger partial charge < -0.3 is 10.0 Å². The molecule has 0 spiro atoms. The summed E-state index contributed by atoms with van der Waals surface area (Å²) in [7, 11) is -1.54. The highest BCUT2D eigenvalue weighted by atomic mass is 16.4. The molecule has 6 nitrogen and oxygen atoms in total. The highest BCUT2D eigenvalue weighted by Crippen LogP contribution is 2.10. The van der Waals surface area contributed by atoms with Gasteiger partial charge in [0.15, 0.2) is 0 Å². The van der Waals surface area contributed by atoms with E-state index >= 15 is 0 Å². The standard InChI is InChI=1S/C13H16BN3O3/c18-13-16-8-4-3-7-12(16)15-17(13)9-10-5-1-2-6-11(10)14(19)20/h1-2,5-6,19-20H,3-4,7-9H2. The van der Waals surface area contributed by atoms with Crippen LogP contribution in [0.1, 0.15) is 24.2 Å². The SMILES string of the molecule is O=c1n(Cc2ccccc2B(O)O)nc2n1CCCC2. The van der Waals surface area contributed by atoms with Crippen LogP contribution in [0.5, 0.6) is 0 Å². The fraction of sp³-hybridized carbons (Fsp3) is 0.385. The molecule has 0 saturated carbocycles. The molecule has 1 aliphatic heterocycles.